The van der Waals surface area contributed by atoms with Crippen molar-refractivity contribution in [2.45, 2.75) is 25.7 Å². The number of ether oxygens (including phenoxy) is 4. The van der Waals surface area contributed by atoms with E-state index in [0.717, 1.165) is 72.6 Å². The smallest absolute Gasteiger partial charge is 0.320 e. The lowest BCUT2D eigenvalue weighted by Crippen LogP contribution is -2.36. The number of aromatic amines is 1. The molecule has 1 saturated heterocycles. The number of rotatable bonds is 14. The molecule has 0 aliphatic carbocycles. The highest BCUT2D eigenvalue weighted by Gasteiger charge is 2.16. The molecule has 3 heterocycles. The number of aryl methyl sites for hydroxylation is 2. The molecule has 2 N–H and O–H groups in total. The quantitative estimate of drug-likeness (QED) is 0.114. The van der Waals surface area contributed by atoms with Gasteiger partial charge >= 0.3 is 6.01 Å². The van der Waals surface area contributed by atoms with E-state index in [9.17, 15) is 0 Å². The first kappa shape index (κ1) is 30.9. The fourth-order valence-electron chi connectivity index (χ4n) is 5.59. The van der Waals surface area contributed by atoms with E-state index in [0.29, 0.717) is 31.6 Å². The molecule has 2 aromatic heterocycles. The molecule has 3 aromatic carbocycles. The largest absolute Gasteiger partial charge is 0.493 e. The van der Waals surface area contributed by atoms with Gasteiger partial charge in [0.2, 0.25) is 0 Å². The first-order chi connectivity index (χ1) is 22.7. The summed E-state index contributed by atoms with van der Waals surface area (Å²) in [5, 5.41) is 5.57. The van der Waals surface area contributed by atoms with Gasteiger partial charge in [0, 0.05) is 48.2 Å². The van der Waals surface area contributed by atoms with Crippen molar-refractivity contribution in [2.24, 2.45) is 5.10 Å². The van der Waals surface area contributed by atoms with Crippen LogP contribution < -0.4 is 24.5 Å². The molecule has 0 saturated carbocycles. The number of nitrogens with one attached hydrogen (secondary N) is 2. The van der Waals surface area contributed by atoms with Crippen molar-refractivity contribution in [3.05, 3.63) is 101 Å². The van der Waals surface area contributed by atoms with Crippen molar-refractivity contribution in [3.63, 3.8) is 0 Å². The van der Waals surface area contributed by atoms with Crippen molar-refractivity contribution in [3.8, 4) is 17.5 Å². The van der Waals surface area contributed by atoms with Crippen LogP contribution >= 0.6 is 0 Å². The molecule has 0 unspecified atom stereocenters. The molecule has 1 aliphatic rings. The van der Waals surface area contributed by atoms with Gasteiger partial charge in [-0.3, -0.25) is 5.43 Å². The number of benzene rings is 3. The van der Waals surface area contributed by atoms with E-state index in [4.69, 9.17) is 23.9 Å². The standard InChI is InChI=1S/C36H40N6O4/c1-43-32-14-13-27(22-33(32)44-2)9-5-7-26-8-6-10-28(21-26)15-18-46-36-39-34(23-35(40-36)42-16-19-45-20-17-42)41-38-25-29-24-37-31-12-4-3-11-30(29)31/h3-4,6,8,10-14,21-25,37H,5,7,9,15-20H2,1-2H3,(H,39,40,41)/b38-25+. The second kappa shape index (κ2) is 15.3. The summed E-state index contributed by atoms with van der Waals surface area (Å²) in [6.07, 6.45) is 7.47. The minimum absolute atomic E-state index is 0.319. The number of para-hydroxylation sites is 1. The van der Waals surface area contributed by atoms with Gasteiger partial charge in [-0.1, -0.05) is 48.5 Å². The van der Waals surface area contributed by atoms with Gasteiger partial charge in [0.1, 0.15) is 5.82 Å². The van der Waals surface area contributed by atoms with E-state index in [1.54, 1.807) is 20.4 Å². The summed E-state index contributed by atoms with van der Waals surface area (Å²) in [5.41, 5.74) is 8.90. The molecule has 0 amide bonds. The zero-order valence-corrected chi connectivity index (χ0v) is 26.4. The normalized spacial score (nSPS) is 13.3. The van der Waals surface area contributed by atoms with Crippen molar-refractivity contribution < 1.29 is 18.9 Å². The Kier molecular flexibility index (Phi) is 10.3. The van der Waals surface area contributed by atoms with Crippen LogP contribution in [-0.2, 0) is 24.0 Å². The number of H-pyrrole nitrogens is 1. The summed E-state index contributed by atoms with van der Waals surface area (Å²) in [5.74, 6) is 2.87. The van der Waals surface area contributed by atoms with Crippen LogP contribution in [0, 0.1) is 0 Å². The molecular weight excluding hydrogens is 580 g/mol. The fraction of sp³-hybridized carbons (Fsp3) is 0.306. The van der Waals surface area contributed by atoms with Gasteiger partial charge in [0.05, 0.1) is 40.3 Å². The summed E-state index contributed by atoms with van der Waals surface area (Å²) in [6, 6.07) is 25.2. The Morgan fingerprint density at radius 2 is 1.65 bits per heavy atom. The third kappa shape index (κ3) is 7.94. The van der Waals surface area contributed by atoms with Gasteiger partial charge in [-0.25, -0.2) is 0 Å². The van der Waals surface area contributed by atoms with Crippen LogP contribution in [0.2, 0.25) is 0 Å². The summed E-state index contributed by atoms with van der Waals surface area (Å²) in [6.45, 7) is 3.29. The molecule has 238 valence electrons. The SMILES string of the molecule is COc1ccc(CCCc2cccc(CCOc3nc(N/N=C/c4c[nH]c5ccccc45)cc(N4CCOCC4)n3)c2)cc1OC. The zero-order valence-electron chi connectivity index (χ0n) is 26.4. The van der Waals surface area contributed by atoms with E-state index >= 15 is 0 Å². The molecule has 46 heavy (non-hydrogen) atoms. The van der Waals surface area contributed by atoms with E-state index in [1.807, 2.05) is 36.5 Å². The van der Waals surface area contributed by atoms with Gasteiger partial charge in [-0.15, -0.1) is 0 Å². The maximum atomic E-state index is 6.11. The molecular formula is C36H40N6O4. The van der Waals surface area contributed by atoms with Crippen LogP contribution in [0.4, 0.5) is 11.6 Å². The molecule has 0 radical (unpaired) electrons. The van der Waals surface area contributed by atoms with Crippen LogP contribution in [0.3, 0.4) is 0 Å². The molecule has 6 rings (SSSR count). The number of hydrogen-bond acceptors (Lipinski definition) is 9. The molecule has 1 aliphatic heterocycles. The van der Waals surface area contributed by atoms with Gasteiger partial charge in [0.15, 0.2) is 17.3 Å². The second-order valence-electron chi connectivity index (χ2n) is 11.1. The number of fused-ring (bicyclic) bond motifs is 1. The first-order valence-electron chi connectivity index (χ1n) is 15.7. The Morgan fingerprint density at radius 1 is 0.870 bits per heavy atom. The van der Waals surface area contributed by atoms with Crippen LogP contribution in [0.25, 0.3) is 10.9 Å². The van der Waals surface area contributed by atoms with E-state index in [-0.39, 0.29) is 0 Å². The molecule has 10 heteroatoms. The van der Waals surface area contributed by atoms with Crippen molar-refractivity contribution in [1.29, 1.82) is 0 Å². The average Bonchev–Trinajstić information content (AvgIpc) is 3.51. The number of methoxy groups -OCH3 is 2. The average molecular weight is 621 g/mol. The fourth-order valence-corrected chi connectivity index (χ4v) is 5.59. The van der Waals surface area contributed by atoms with Crippen LogP contribution in [-0.4, -0.2) is 68.3 Å². The Labute approximate surface area is 269 Å². The topological polar surface area (TPSA) is 106 Å². The maximum absolute atomic E-state index is 6.11. The molecule has 1 fully saturated rings. The number of hydrazone groups is 1. The lowest BCUT2D eigenvalue weighted by molar-refractivity contribution is 0.122. The van der Waals surface area contributed by atoms with Gasteiger partial charge in [0.25, 0.3) is 0 Å². The summed E-state index contributed by atoms with van der Waals surface area (Å²) < 4.78 is 22.5. The van der Waals surface area contributed by atoms with Crippen LogP contribution in [0.15, 0.2) is 84.1 Å². The van der Waals surface area contributed by atoms with E-state index in [1.165, 1.54) is 16.7 Å². The molecule has 0 atom stereocenters. The summed E-state index contributed by atoms with van der Waals surface area (Å²) >= 11 is 0. The Bertz CT molecular complexity index is 1770. The minimum Gasteiger partial charge on any atom is -0.493 e. The predicted molar refractivity (Wildman–Crippen MR) is 182 cm³/mol. The number of nitrogens with zero attached hydrogens (tertiary/aromatic N) is 4. The lowest BCUT2D eigenvalue weighted by atomic mass is 10.0. The monoisotopic (exact) mass is 620 g/mol. The van der Waals surface area contributed by atoms with Crippen molar-refractivity contribution >= 4 is 28.8 Å². The zero-order chi connectivity index (χ0) is 31.6. The predicted octanol–water partition coefficient (Wildman–Crippen LogP) is 6.05. The highest BCUT2D eigenvalue weighted by Crippen LogP contribution is 2.28. The highest BCUT2D eigenvalue weighted by atomic mass is 16.5. The van der Waals surface area contributed by atoms with E-state index < -0.39 is 0 Å². The Balaban J connectivity index is 1.06. The number of anilines is 2. The summed E-state index contributed by atoms with van der Waals surface area (Å²) in [4.78, 5) is 14.8. The second-order valence-corrected chi connectivity index (χ2v) is 11.1. The number of morpholine rings is 1. The third-order valence-corrected chi connectivity index (χ3v) is 8.02. The van der Waals surface area contributed by atoms with Crippen molar-refractivity contribution in [2.75, 3.05) is 57.5 Å². The highest BCUT2D eigenvalue weighted by molar-refractivity contribution is 5.99. The Morgan fingerprint density at radius 3 is 2.48 bits per heavy atom. The Hall–Kier alpha value is -5.09. The van der Waals surface area contributed by atoms with Gasteiger partial charge in [-0.2, -0.15) is 15.1 Å². The number of aromatic nitrogens is 3. The number of hydrogen-bond donors (Lipinski definition) is 2. The third-order valence-electron chi connectivity index (χ3n) is 8.02. The first-order valence-corrected chi connectivity index (χ1v) is 15.7. The van der Waals surface area contributed by atoms with Gasteiger partial charge in [-0.05, 0) is 54.2 Å². The van der Waals surface area contributed by atoms with Gasteiger partial charge < -0.3 is 28.8 Å². The molecule has 5 aromatic rings. The summed E-state index contributed by atoms with van der Waals surface area (Å²) in [7, 11) is 3.32. The minimum atomic E-state index is 0.319. The molecule has 0 bridgehead atoms. The van der Waals surface area contributed by atoms with Crippen molar-refractivity contribution in [1.82, 2.24) is 15.0 Å². The van der Waals surface area contributed by atoms with Crippen LogP contribution in [0.1, 0.15) is 28.7 Å². The molecule has 10 nitrogen and oxygen atoms in total. The van der Waals surface area contributed by atoms with Crippen LogP contribution in [0.5, 0.6) is 17.5 Å². The maximum Gasteiger partial charge on any atom is 0.320 e. The van der Waals surface area contributed by atoms with E-state index in [2.05, 4.69) is 67.9 Å². The lowest BCUT2D eigenvalue weighted by Gasteiger charge is -2.28. The molecule has 0 spiro atoms.